The van der Waals surface area contributed by atoms with E-state index in [1.807, 2.05) is 30.3 Å². The van der Waals surface area contributed by atoms with Crippen LogP contribution in [0.4, 0.5) is 0 Å². The van der Waals surface area contributed by atoms with Crippen LogP contribution in [0.15, 0.2) is 162 Å². The molecule has 6 aromatic rings. The second kappa shape index (κ2) is 13.0. The van der Waals surface area contributed by atoms with Crippen LogP contribution in [0.1, 0.15) is 38.9 Å². The van der Waals surface area contributed by atoms with Crippen LogP contribution in [0.2, 0.25) is 0 Å². The molecule has 0 N–H and O–H groups in total. The molecule has 1 aliphatic rings. The summed E-state index contributed by atoms with van der Waals surface area (Å²) in [5.74, 6) is 0. The normalized spacial score (nSPS) is 12.1. The summed E-state index contributed by atoms with van der Waals surface area (Å²) in [5, 5.41) is 0. The molecule has 0 unspecified atom stereocenters. The van der Waals surface area contributed by atoms with E-state index in [1.165, 1.54) is 50.1 Å². The maximum absolute atomic E-state index is 3.35. The van der Waals surface area contributed by atoms with Crippen LogP contribution in [-0.4, -0.2) is 0 Å². The largest absolute Gasteiger partial charge is 0.0713 e. The van der Waals surface area contributed by atoms with Crippen molar-refractivity contribution >= 4 is 15.9 Å². The highest BCUT2D eigenvalue weighted by Gasteiger charge is 2.45. The predicted octanol–water partition coefficient (Wildman–Crippen LogP) is 11.1. The summed E-state index contributed by atoms with van der Waals surface area (Å²) < 4.78 is 1.14. The Hall–Kier alpha value is -4.20. The van der Waals surface area contributed by atoms with E-state index in [0.717, 1.165) is 4.47 Å². The zero-order valence-electron chi connectivity index (χ0n) is 23.9. The van der Waals surface area contributed by atoms with Gasteiger partial charge in [-0.15, -0.1) is 0 Å². The van der Waals surface area contributed by atoms with Gasteiger partial charge in [-0.05, 0) is 66.3 Å². The van der Waals surface area contributed by atoms with Gasteiger partial charge in [0.2, 0.25) is 0 Å². The third-order valence-electron chi connectivity index (χ3n) is 7.57. The fraction of sp³-hybridized carbons (Fsp3) is 0.100. The molecule has 0 radical (unpaired) electrons. The summed E-state index contributed by atoms with van der Waals surface area (Å²) >= 11 is 3.35. The lowest BCUT2D eigenvalue weighted by molar-refractivity contribution is 0.767. The van der Waals surface area contributed by atoms with Crippen LogP contribution in [0.5, 0.6) is 0 Å². The third-order valence-corrected chi connectivity index (χ3v) is 8.09. The van der Waals surface area contributed by atoms with E-state index in [2.05, 4.69) is 164 Å². The lowest BCUT2D eigenvalue weighted by Gasteiger charge is -2.34. The van der Waals surface area contributed by atoms with E-state index >= 15 is 0 Å². The Labute approximate surface area is 253 Å². The van der Waals surface area contributed by atoms with Gasteiger partial charge in [0.15, 0.2) is 0 Å². The molecular weight excluding hydrogens is 560 g/mol. The average Bonchev–Trinajstić information content (AvgIpc) is 3.31. The third kappa shape index (κ3) is 6.11. The highest BCUT2D eigenvalue weighted by molar-refractivity contribution is 9.10. The summed E-state index contributed by atoms with van der Waals surface area (Å²) in [7, 11) is 0. The van der Waals surface area contributed by atoms with Gasteiger partial charge in [0.25, 0.3) is 0 Å². The molecule has 202 valence electrons. The first kappa shape index (κ1) is 28.3. The first-order valence-electron chi connectivity index (χ1n) is 14.1. The fourth-order valence-corrected chi connectivity index (χ4v) is 5.89. The van der Waals surface area contributed by atoms with Crippen LogP contribution in [0.25, 0.3) is 11.1 Å². The van der Waals surface area contributed by atoms with Crippen LogP contribution >= 0.6 is 15.9 Å². The van der Waals surface area contributed by atoms with Crippen LogP contribution < -0.4 is 0 Å². The van der Waals surface area contributed by atoms with E-state index < -0.39 is 0 Å². The van der Waals surface area contributed by atoms with Gasteiger partial charge < -0.3 is 0 Å². The molecule has 0 atom stereocenters. The van der Waals surface area contributed by atoms with Crippen molar-refractivity contribution in [2.45, 2.75) is 26.2 Å². The Balaban J connectivity index is 0.000000184. The number of rotatable bonds is 2. The molecule has 0 fully saturated rings. The van der Waals surface area contributed by atoms with E-state index in [0.29, 0.717) is 0 Å². The number of hydrogen-bond acceptors (Lipinski definition) is 0. The quantitative estimate of drug-likeness (QED) is 0.187. The van der Waals surface area contributed by atoms with Crippen molar-refractivity contribution in [2.75, 3.05) is 0 Å². The first-order valence-corrected chi connectivity index (χ1v) is 14.9. The van der Waals surface area contributed by atoms with Crippen molar-refractivity contribution in [3.63, 3.8) is 0 Å². The molecule has 0 nitrogen and oxygen atoms in total. The maximum atomic E-state index is 3.35. The van der Waals surface area contributed by atoms with Gasteiger partial charge in [0.1, 0.15) is 0 Å². The molecule has 41 heavy (non-hydrogen) atoms. The summed E-state index contributed by atoms with van der Waals surface area (Å²) in [5.41, 5.74) is 11.7. The number of aryl methyl sites for hydroxylation is 3. The van der Waals surface area contributed by atoms with Gasteiger partial charge in [0, 0.05) is 4.47 Å². The predicted molar refractivity (Wildman–Crippen MR) is 179 cm³/mol. The molecule has 0 bridgehead atoms. The molecule has 6 aromatic carbocycles. The molecule has 0 saturated heterocycles. The van der Waals surface area contributed by atoms with E-state index in [4.69, 9.17) is 0 Å². The minimum absolute atomic E-state index is 0.263. The fourth-order valence-electron chi connectivity index (χ4n) is 5.63. The summed E-state index contributed by atoms with van der Waals surface area (Å²) in [6.07, 6.45) is 0. The maximum Gasteiger partial charge on any atom is 0.0713 e. The summed E-state index contributed by atoms with van der Waals surface area (Å²) in [6, 6.07) is 56.1. The Bertz CT molecular complexity index is 1630. The van der Waals surface area contributed by atoms with Gasteiger partial charge in [-0.1, -0.05) is 178 Å². The Morgan fingerprint density at radius 1 is 0.390 bits per heavy atom. The summed E-state index contributed by atoms with van der Waals surface area (Å²) in [4.78, 5) is 0. The van der Waals surface area contributed by atoms with E-state index in [9.17, 15) is 0 Å². The Morgan fingerprint density at radius 2 is 0.829 bits per heavy atom. The van der Waals surface area contributed by atoms with Crippen molar-refractivity contribution in [1.29, 1.82) is 0 Å². The van der Waals surface area contributed by atoms with E-state index in [1.54, 1.807) is 0 Å². The highest BCUT2D eigenvalue weighted by Crippen LogP contribution is 2.56. The van der Waals surface area contributed by atoms with Crippen LogP contribution in [-0.2, 0) is 5.41 Å². The minimum Gasteiger partial charge on any atom is -0.0622 e. The van der Waals surface area contributed by atoms with Crippen molar-refractivity contribution in [1.82, 2.24) is 0 Å². The van der Waals surface area contributed by atoms with Gasteiger partial charge in [0.05, 0.1) is 5.41 Å². The molecule has 1 heteroatoms. The van der Waals surface area contributed by atoms with Gasteiger partial charge in [-0.2, -0.15) is 0 Å². The average molecular weight is 596 g/mol. The molecule has 1 aliphatic carbocycles. The van der Waals surface area contributed by atoms with E-state index in [-0.39, 0.29) is 5.41 Å². The monoisotopic (exact) mass is 594 g/mol. The smallest absolute Gasteiger partial charge is 0.0622 e. The molecule has 0 amide bonds. The second-order valence-electron chi connectivity index (χ2n) is 10.5. The zero-order chi connectivity index (χ0) is 28.7. The molecule has 7 rings (SSSR count). The molecule has 0 spiro atoms. The van der Waals surface area contributed by atoms with Gasteiger partial charge >= 0.3 is 0 Å². The van der Waals surface area contributed by atoms with Crippen molar-refractivity contribution in [3.8, 4) is 11.1 Å². The number of halogens is 1. The lowest BCUT2D eigenvalue weighted by atomic mass is 9.67. The van der Waals surface area contributed by atoms with Crippen molar-refractivity contribution in [3.05, 3.63) is 201 Å². The molecule has 0 heterocycles. The zero-order valence-corrected chi connectivity index (χ0v) is 25.5. The van der Waals surface area contributed by atoms with Crippen LogP contribution in [0.3, 0.4) is 0 Å². The standard InChI is InChI=1S/C26H20.C7H7Br.C7H8/c1-19-16-17-23-22-14-8-9-15-24(22)26(25(23)18-19,20-10-4-2-5-11-20)21-12-6-3-7-13-21;1-6-2-4-7(8)5-3-6;1-7-5-3-2-4-6-7/h2-18H,1H3;2-5H,1H3;2-6H,1H3. The highest BCUT2D eigenvalue weighted by atomic mass is 79.9. The summed E-state index contributed by atoms with van der Waals surface area (Å²) in [6.45, 7) is 6.34. The molecule has 0 aromatic heterocycles. The topological polar surface area (TPSA) is 0 Å². The van der Waals surface area contributed by atoms with Crippen LogP contribution in [0, 0.1) is 20.8 Å². The second-order valence-corrected chi connectivity index (χ2v) is 11.4. The van der Waals surface area contributed by atoms with Crippen molar-refractivity contribution < 1.29 is 0 Å². The number of fused-ring (bicyclic) bond motifs is 3. The molecule has 0 saturated carbocycles. The van der Waals surface area contributed by atoms with Gasteiger partial charge in [-0.3, -0.25) is 0 Å². The minimum atomic E-state index is -0.263. The SMILES string of the molecule is Cc1ccc(Br)cc1.Cc1ccc2c(c1)C(c1ccccc1)(c1ccccc1)c1ccccc1-2.Cc1ccccc1. The molecular formula is C40H35Br. The van der Waals surface area contributed by atoms with Crippen molar-refractivity contribution in [2.24, 2.45) is 0 Å². The Morgan fingerprint density at radius 3 is 1.34 bits per heavy atom. The van der Waals surface area contributed by atoms with Gasteiger partial charge in [-0.25, -0.2) is 0 Å². The first-order chi connectivity index (χ1) is 20.0. The number of hydrogen-bond donors (Lipinski definition) is 0. The molecule has 0 aliphatic heterocycles. The number of benzene rings is 6. The Kier molecular flexibility index (Phi) is 8.97. The lowest BCUT2D eigenvalue weighted by Crippen LogP contribution is -2.28.